The van der Waals surface area contributed by atoms with Crippen LogP contribution in [0.1, 0.15) is 6.92 Å². The SMILES string of the molecule is CCn1ccnc1Nc1cc(Br)c(F)cc1F. The van der Waals surface area contributed by atoms with Crippen LogP contribution in [0.2, 0.25) is 0 Å². The number of aromatic nitrogens is 2. The second-order valence-electron chi connectivity index (χ2n) is 3.41. The summed E-state index contributed by atoms with van der Waals surface area (Å²) in [5.74, 6) is -0.770. The van der Waals surface area contributed by atoms with E-state index in [2.05, 4.69) is 26.2 Å². The molecule has 1 N–H and O–H groups in total. The van der Waals surface area contributed by atoms with Gasteiger partial charge in [0.1, 0.15) is 11.6 Å². The van der Waals surface area contributed by atoms with E-state index < -0.39 is 11.6 Å². The molecule has 0 bridgehead atoms. The first-order valence-corrected chi connectivity index (χ1v) is 5.83. The molecule has 6 heteroatoms. The molecule has 0 aliphatic rings. The van der Waals surface area contributed by atoms with Crippen LogP contribution in [0, 0.1) is 11.6 Å². The first-order valence-electron chi connectivity index (χ1n) is 5.04. The van der Waals surface area contributed by atoms with Gasteiger partial charge in [0.25, 0.3) is 0 Å². The maximum Gasteiger partial charge on any atom is 0.207 e. The van der Waals surface area contributed by atoms with E-state index in [1.165, 1.54) is 6.07 Å². The minimum Gasteiger partial charge on any atom is -0.323 e. The van der Waals surface area contributed by atoms with Crippen molar-refractivity contribution in [1.29, 1.82) is 0 Å². The van der Waals surface area contributed by atoms with Gasteiger partial charge in [-0.1, -0.05) is 0 Å². The fourth-order valence-corrected chi connectivity index (χ4v) is 1.77. The van der Waals surface area contributed by atoms with E-state index in [0.717, 1.165) is 6.07 Å². The van der Waals surface area contributed by atoms with Crippen molar-refractivity contribution < 1.29 is 8.78 Å². The molecule has 3 nitrogen and oxygen atoms in total. The number of nitrogens with one attached hydrogen (secondary N) is 1. The van der Waals surface area contributed by atoms with Crippen LogP contribution in [-0.2, 0) is 6.54 Å². The lowest BCUT2D eigenvalue weighted by molar-refractivity contribution is 0.581. The summed E-state index contributed by atoms with van der Waals surface area (Å²) in [6.45, 7) is 2.66. The van der Waals surface area contributed by atoms with Gasteiger partial charge in [-0.05, 0) is 28.9 Å². The van der Waals surface area contributed by atoms with Crippen LogP contribution in [0.4, 0.5) is 20.4 Å². The Hall–Kier alpha value is -1.43. The average Bonchev–Trinajstić information content (AvgIpc) is 2.73. The summed E-state index contributed by atoms with van der Waals surface area (Å²) >= 11 is 3.01. The van der Waals surface area contributed by atoms with Gasteiger partial charge in [0, 0.05) is 25.0 Å². The highest BCUT2D eigenvalue weighted by atomic mass is 79.9. The van der Waals surface area contributed by atoms with Crippen molar-refractivity contribution in [3.8, 4) is 0 Å². The lowest BCUT2D eigenvalue weighted by atomic mass is 10.3. The van der Waals surface area contributed by atoms with Crippen molar-refractivity contribution in [2.24, 2.45) is 0 Å². The number of hydrogen-bond acceptors (Lipinski definition) is 2. The van der Waals surface area contributed by atoms with Crippen LogP contribution in [-0.4, -0.2) is 9.55 Å². The fourth-order valence-electron chi connectivity index (χ4n) is 1.43. The summed E-state index contributed by atoms with van der Waals surface area (Å²) in [6.07, 6.45) is 3.39. The highest BCUT2D eigenvalue weighted by Gasteiger charge is 2.10. The molecule has 17 heavy (non-hydrogen) atoms. The van der Waals surface area contributed by atoms with Gasteiger partial charge in [0.15, 0.2) is 0 Å². The summed E-state index contributed by atoms with van der Waals surface area (Å²) in [5.41, 5.74) is 0.180. The molecule has 0 aliphatic heterocycles. The van der Waals surface area contributed by atoms with Gasteiger partial charge in [0.05, 0.1) is 10.2 Å². The van der Waals surface area contributed by atoms with Crippen molar-refractivity contribution in [1.82, 2.24) is 9.55 Å². The van der Waals surface area contributed by atoms with Crippen LogP contribution >= 0.6 is 15.9 Å². The Morgan fingerprint density at radius 1 is 1.35 bits per heavy atom. The normalized spacial score (nSPS) is 10.6. The smallest absolute Gasteiger partial charge is 0.207 e. The minimum atomic E-state index is -0.656. The molecule has 2 aromatic rings. The molecular formula is C11H10BrF2N3. The third-order valence-electron chi connectivity index (χ3n) is 2.31. The summed E-state index contributed by atoms with van der Waals surface area (Å²) in [4.78, 5) is 4.05. The number of anilines is 2. The van der Waals surface area contributed by atoms with Gasteiger partial charge in [-0.15, -0.1) is 0 Å². The van der Waals surface area contributed by atoms with Gasteiger partial charge >= 0.3 is 0 Å². The van der Waals surface area contributed by atoms with E-state index >= 15 is 0 Å². The van der Waals surface area contributed by atoms with E-state index in [9.17, 15) is 8.78 Å². The molecule has 0 fully saturated rings. The van der Waals surface area contributed by atoms with Crippen molar-refractivity contribution in [2.45, 2.75) is 13.5 Å². The molecule has 0 aliphatic carbocycles. The highest BCUT2D eigenvalue weighted by Crippen LogP contribution is 2.25. The zero-order valence-corrected chi connectivity index (χ0v) is 10.6. The Bertz CT molecular complexity index is 540. The van der Waals surface area contributed by atoms with Crippen molar-refractivity contribution >= 4 is 27.6 Å². The Balaban J connectivity index is 2.33. The van der Waals surface area contributed by atoms with Crippen LogP contribution < -0.4 is 5.32 Å². The molecule has 90 valence electrons. The molecule has 0 saturated heterocycles. The molecule has 2 rings (SSSR count). The fraction of sp³-hybridized carbons (Fsp3) is 0.182. The largest absolute Gasteiger partial charge is 0.323 e. The van der Waals surface area contributed by atoms with Crippen molar-refractivity contribution in [3.63, 3.8) is 0 Å². The predicted molar refractivity (Wildman–Crippen MR) is 65.2 cm³/mol. The first kappa shape index (κ1) is 12.0. The monoisotopic (exact) mass is 301 g/mol. The number of aryl methyl sites for hydroxylation is 1. The van der Waals surface area contributed by atoms with Crippen LogP contribution in [0.25, 0.3) is 0 Å². The van der Waals surface area contributed by atoms with Gasteiger partial charge in [-0.3, -0.25) is 0 Å². The summed E-state index contributed by atoms with van der Waals surface area (Å²) in [5, 5.41) is 2.82. The zero-order chi connectivity index (χ0) is 12.4. The number of rotatable bonds is 3. The molecule has 0 radical (unpaired) electrons. The van der Waals surface area contributed by atoms with E-state index in [-0.39, 0.29) is 10.2 Å². The van der Waals surface area contributed by atoms with Crippen LogP contribution in [0.5, 0.6) is 0 Å². The highest BCUT2D eigenvalue weighted by molar-refractivity contribution is 9.10. The molecule has 0 amide bonds. The topological polar surface area (TPSA) is 29.9 Å². The predicted octanol–water partition coefficient (Wildman–Crippen LogP) is 3.69. The second-order valence-corrected chi connectivity index (χ2v) is 4.26. The lowest BCUT2D eigenvalue weighted by Gasteiger charge is -2.09. The number of halogens is 3. The Kier molecular flexibility index (Phi) is 3.42. The molecular weight excluding hydrogens is 292 g/mol. The lowest BCUT2D eigenvalue weighted by Crippen LogP contribution is -2.03. The molecule has 1 aromatic carbocycles. The molecule has 1 aromatic heterocycles. The standard InChI is InChI=1S/C11H10BrF2N3/c1-2-17-4-3-15-11(17)16-10-5-7(12)8(13)6-9(10)14/h3-6H,2H2,1H3,(H,15,16). The van der Waals surface area contributed by atoms with E-state index in [1.54, 1.807) is 12.4 Å². The summed E-state index contributed by atoms with van der Waals surface area (Å²) in [6, 6.07) is 2.17. The molecule has 0 spiro atoms. The van der Waals surface area contributed by atoms with Gasteiger partial charge < -0.3 is 9.88 Å². The Labute approximate surface area is 106 Å². The zero-order valence-electron chi connectivity index (χ0n) is 9.04. The molecule has 0 saturated carbocycles. The van der Waals surface area contributed by atoms with E-state index in [0.29, 0.717) is 12.5 Å². The third kappa shape index (κ3) is 2.46. The first-order chi connectivity index (χ1) is 8.11. The summed E-state index contributed by atoms with van der Waals surface area (Å²) < 4.78 is 28.6. The van der Waals surface area contributed by atoms with Gasteiger partial charge in [-0.2, -0.15) is 0 Å². The van der Waals surface area contributed by atoms with Gasteiger partial charge in [0.2, 0.25) is 5.95 Å². The van der Waals surface area contributed by atoms with Crippen LogP contribution in [0.15, 0.2) is 29.0 Å². The number of hydrogen-bond donors (Lipinski definition) is 1. The van der Waals surface area contributed by atoms with Crippen LogP contribution in [0.3, 0.4) is 0 Å². The maximum absolute atomic E-state index is 13.5. The number of imidazole rings is 1. The number of nitrogens with zero attached hydrogens (tertiary/aromatic N) is 2. The minimum absolute atomic E-state index is 0.180. The second kappa shape index (κ2) is 4.83. The third-order valence-corrected chi connectivity index (χ3v) is 2.92. The van der Waals surface area contributed by atoms with Gasteiger partial charge in [-0.25, -0.2) is 13.8 Å². The summed E-state index contributed by atoms with van der Waals surface area (Å²) in [7, 11) is 0. The molecule has 0 atom stereocenters. The molecule has 0 unspecified atom stereocenters. The Morgan fingerprint density at radius 2 is 2.12 bits per heavy atom. The Morgan fingerprint density at radius 3 is 2.82 bits per heavy atom. The average molecular weight is 302 g/mol. The van der Waals surface area contributed by atoms with Crippen molar-refractivity contribution in [2.75, 3.05) is 5.32 Å². The maximum atomic E-state index is 13.5. The molecule has 1 heterocycles. The van der Waals surface area contributed by atoms with E-state index in [4.69, 9.17) is 0 Å². The van der Waals surface area contributed by atoms with Crippen molar-refractivity contribution in [3.05, 3.63) is 40.6 Å². The number of benzene rings is 1. The quantitative estimate of drug-likeness (QED) is 0.876. The van der Waals surface area contributed by atoms with E-state index in [1.807, 2.05) is 11.5 Å².